The highest BCUT2D eigenvalue weighted by Gasteiger charge is 2.47. The van der Waals surface area contributed by atoms with Crippen LogP contribution in [0.15, 0.2) is 6.07 Å². The molecule has 106 valence electrons. The molecule has 19 heavy (non-hydrogen) atoms. The fourth-order valence-electron chi connectivity index (χ4n) is 3.30. The molecule has 1 heterocycles. The summed E-state index contributed by atoms with van der Waals surface area (Å²) >= 11 is 2.00. The maximum Gasteiger partial charge on any atom is 0.0621 e. The van der Waals surface area contributed by atoms with Crippen molar-refractivity contribution in [2.45, 2.75) is 71.1 Å². The van der Waals surface area contributed by atoms with E-state index in [1.165, 1.54) is 30.6 Å². The molecule has 1 fully saturated rings. The van der Waals surface area contributed by atoms with Crippen molar-refractivity contribution in [3.63, 3.8) is 0 Å². The minimum atomic E-state index is -0.145. The first kappa shape index (κ1) is 13.6. The average molecular weight is 279 g/mol. The van der Waals surface area contributed by atoms with Gasteiger partial charge in [0.25, 0.3) is 0 Å². The van der Waals surface area contributed by atoms with Crippen LogP contribution >= 0.6 is 11.3 Å². The van der Waals surface area contributed by atoms with Gasteiger partial charge in [-0.25, -0.2) is 0 Å². The highest BCUT2D eigenvalue weighted by Crippen LogP contribution is 2.42. The van der Waals surface area contributed by atoms with Gasteiger partial charge in [-0.05, 0) is 50.7 Å². The minimum absolute atomic E-state index is 0.0190. The van der Waals surface area contributed by atoms with Gasteiger partial charge in [0.2, 0.25) is 0 Å². The van der Waals surface area contributed by atoms with Gasteiger partial charge in [-0.15, -0.1) is 11.3 Å². The van der Waals surface area contributed by atoms with E-state index in [1.807, 2.05) is 11.3 Å². The quantitative estimate of drug-likeness (QED) is 0.888. The smallest absolute Gasteiger partial charge is 0.0621 e. The molecule has 0 saturated heterocycles. The largest absolute Gasteiger partial charge is 0.392 e. The van der Waals surface area contributed by atoms with Crippen molar-refractivity contribution in [1.29, 1.82) is 0 Å². The van der Waals surface area contributed by atoms with Crippen LogP contribution in [0.4, 0.5) is 0 Å². The van der Waals surface area contributed by atoms with E-state index in [-0.39, 0.29) is 11.5 Å². The minimum Gasteiger partial charge on any atom is -0.392 e. The molecule has 1 aromatic rings. The molecule has 3 atom stereocenters. The molecular weight excluding hydrogens is 254 g/mol. The summed E-state index contributed by atoms with van der Waals surface area (Å²) in [5.41, 5.74) is 1.61. The Kier molecular flexibility index (Phi) is 3.48. The van der Waals surface area contributed by atoms with Crippen LogP contribution in [0.3, 0.4) is 0 Å². The van der Waals surface area contributed by atoms with Crippen molar-refractivity contribution in [3.05, 3.63) is 21.4 Å². The Bertz CT molecular complexity index is 442. The van der Waals surface area contributed by atoms with Crippen LogP contribution in [-0.2, 0) is 12.8 Å². The van der Waals surface area contributed by atoms with Gasteiger partial charge in [0, 0.05) is 27.3 Å². The van der Waals surface area contributed by atoms with Gasteiger partial charge in [0.15, 0.2) is 0 Å². The van der Waals surface area contributed by atoms with Gasteiger partial charge in [-0.1, -0.05) is 13.8 Å². The number of thiophene rings is 1. The first-order chi connectivity index (χ1) is 8.98. The van der Waals surface area contributed by atoms with E-state index >= 15 is 0 Å². The Morgan fingerprint density at radius 1 is 1.37 bits per heavy atom. The van der Waals surface area contributed by atoms with Crippen LogP contribution in [0.1, 0.15) is 61.4 Å². The van der Waals surface area contributed by atoms with Crippen LogP contribution in [0.25, 0.3) is 0 Å². The molecule has 2 aliphatic rings. The zero-order chi connectivity index (χ0) is 13.6. The van der Waals surface area contributed by atoms with Gasteiger partial charge in [-0.2, -0.15) is 0 Å². The molecule has 2 aliphatic carbocycles. The summed E-state index contributed by atoms with van der Waals surface area (Å²) in [4.78, 5) is 3.09. The lowest BCUT2D eigenvalue weighted by atomic mass is 9.64. The van der Waals surface area contributed by atoms with Crippen LogP contribution in [0.5, 0.6) is 0 Å². The Labute approximate surface area is 120 Å². The second-order valence-electron chi connectivity index (χ2n) is 6.82. The summed E-state index contributed by atoms with van der Waals surface area (Å²) in [6.07, 6.45) is 6.01. The summed E-state index contributed by atoms with van der Waals surface area (Å²) in [5.74, 6) is 0. The van der Waals surface area contributed by atoms with Crippen molar-refractivity contribution in [1.82, 2.24) is 5.32 Å². The molecule has 2 N–H and O–H groups in total. The van der Waals surface area contributed by atoms with Crippen molar-refractivity contribution >= 4 is 11.3 Å². The van der Waals surface area contributed by atoms with Gasteiger partial charge < -0.3 is 10.4 Å². The maximum absolute atomic E-state index is 9.82. The number of rotatable bonds is 3. The number of aryl methyl sites for hydroxylation is 2. The molecule has 3 heteroatoms. The molecule has 0 amide bonds. The van der Waals surface area contributed by atoms with Gasteiger partial charge in [0.1, 0.15) is 0 Å². The first-order valence-corrected chi connectivity index (χ1v) is 8.35. The molecule has 0 aromatic carbocycles. The molecule has 2 nitrogen and oxygen atoms in total. The van der Waals surface area contributed by atoms with Gasteiger partial charge in [-0.3, -0.25) is 0 Å². The van der Waals surface area contributed by atoms with E-state index in [1.54, 1.807) is 10.4 Å². The molecular formula is C16H25NOS. The predicted octanol–water partition coefficient (Wildman–Crippen LogP) is 3.44. The Balaban J connectivity index is 1.67. The van der Waals surface area contributed by atoms with Crippen LogP contribution in [0, 0.1) is 5.41 Å². The second-order valence-corrected chi connectivity index (χ2v) is 7.99. The highest BCUT2D eigenvalue weighted by molar-refractivity contribution is 7.12. The third-order valence-corrected chi connectivity index (χ3v) is 6.53. The van der Waals surface area contributed by atoms with Crippen LogP contribution < -0.4 is 5.32 Å². The van der Waals surface area contributed by atoms with Gasteiger partial charge >= 0.3 is 0 Å². The SMILES string of the molecule is CC(NC1CC(O)C1(C)C)c1cc2c(s1)CCCC2. The molecule has 0 spiro atoms. The van der Waals surface area contributed by atoms with Crippen LogP contribution in [-0.4, -0.2) is 17.3 Å². The van der Waals surface area contributed by atoms with Crippen molar-refractivity contribution in [2.75, 3.05) is 0 Å². The lowest BCUT2D eigenvalue weighted by Crippen LogP contribution is -2.60. The summed E-state index contributed by atoms with van der Waals surface area (Å²) < 4.78 is 0. The fourth-order valence-corrected chi connectivity index (χ4v) is 4.57. The maximum atomic E-state index is 9.82. The number of aliphatic hydroxyl groups excluding tert-OH is 1. The van der Waals surface area contributed by atoms with E-state index in [9.17, 15) is 5.11 Å². The molecule has 0 bridgehead atoms. The van der Waals surface area contributed by atoms with E-state index in [4.69, 9.17) is 0 Å². The highest BCUT2D eigenvalue weighted by atomic mass is 32.1. The molecule has 3 unspecified atom stereocenters. The number of nitrogens with one attached hydrogen (secondary N) is 1. The first-order valence-electron chi connectivity index (χ1n) is 7.54. The lowest BCUT2D eigenvalue weighted by Gasteiger charge is -2.50. The number of aliphatic hydroxyl groups is 1. The van der Waals surface area contributed by atoms with Gasteiger partial charge in [0.05, 0.1) is 6.10 Å². The standard InChI is InChI=1S/C16H25NOS/c1-10(17-14-9-15(18)16(14,2)3)13-8-11-6-4-5-7-12(11)19-13/h8,10,14-15,17-18H,4-7,9H2,1-3H3. The predicted molar refractivity (Wildman–Crippen MR) is 80.7 cm³/mol. The van der Waals surface area contributed by atoms with Crippen molar-refractivity contribution in [3.8, 4) is 0 Å². The third kappa shape index (κ3) is 2.37. The summed E-state index contributed by atoms with van der Waals surface area (Å²) in [6, 6.07) is 3.27. The molecule has 1 aromatic heterocycles. The number of fused-ring (bicyclic) bond motifs is 1. The summed E-state index contributed by atoms with van der Waals surface area (Å²) in [7, 11) is 0. The van der Waals surface area contributed by atoms with Crippen LogP contribution in [0.2, 0.25) is 0 Å². The molecule has 0 aliphatic heterocycles. The lowest BCUT2D eigenvalue weighted by molar-refractivity contribution is -0.0753. The Morgan fingerprint density at radius 3 is 2.74 bits per heavy atom. The number of hydrogen-bond acceptors (Lipinski definition) is 3. The molecule has 3 rings (SSSR count). The zero-order valence-electron chi connectivity index (χ0n) is 12.2. The summed E-state index contributed by atoms with van der Waals surface area (Å²) in [5, 5.41) is 13.5. The monoisotopic (exact) mass is 279 g/mol. The van der Waals surface area contributed by atoms with E-state index in [2.05, 4.69) is 32.2 Å². The summed E-state index contributed by atoms with van der Waals surface area (Å²) in [6.45, 7) is 6.58. The second kappa shape index (κ2) is 4.87. The zero-order valence-corrected chi connectivity index (χ0v) is 13.0. The normalized spacial score (nSPS) is 30.5. The number of hydrogen-bond donors (Lipinski definition) is 2. The molecule has 1 saturated carbocycles. The third-order valence-electron chi connectivity index (χ3n) is 5.11. The fraction of sp³-hybridized carbons (Fsp3) is 0.750. The topological polar surface area (TPSA) is 32.3 Å². The Hall–Kier alpha value is -0.380. The van der Waals surface area contributed by atoms with E-state index in [0.29, 0.717) is 12.1 Å². The van der Waals surface area contributed by atoms with E-state index < -0.39 is 0 Å². The van der Waals surface area contributed by atoms with Crippen molar-refractivity contribution < 1.29 is 5.11 Å². The Morgan fingerprint density at radius 2 is 2.11 bits per heavy atom. The average Bonchev–Trinajstić information content (AvgIpc) is 2.82. The molecule has 0 radical (unpaired) electrons. The van der Waals surface area contributed by atoms with E-state index in [0.717, 1.165) is 6.42 Å². The van der Waals surface area contributed by atoms with Crippen molar-refractivity contribution in [2.24, 2.45) is 5.41 Å².